The normalized spacial score (nSPS) is 10.6. The quantitative estimate of drug-likeness (QED) is 0.0644. The van der Waals surface area contributed by atoms with Gasteiger partial charge < -0.3 is 19.3 Å². The Hall–Kier alpha value is -4.40. The molecule has 40 heavy (non-hydrogen) atoms. The summed E-state index contributed by atoms with van der Waals surface area (Å²) in [5, 5.41) is 20.9. The molecule has 0 bridgehead atoms. The first-order valence-corrected chi connectivity index (χ1v) is 13.6. The van der Waals surface area contributed by atoms with Gasteiger partial charge in [0.05, 0.1) is 17.1 Å². The zero-order chi connectivity index (χ0) is 28.7. The van der Waals surface area contributed by atoms with Gasteiger partial charge in [-0.25, -0.2) is 9.59 Å². The van der Waals surface area contributed by atoms with Crippen molar-refractivity contribution in [3.05, 3.63) is 93.5 Å². The Labute approximate surface area is 233 Å². The summed E-state index contributed by atoms with van der Waals surface area (Å²) in [5.41, 5.74) is 0.571. The molecule has 3 aromatic carbocycles. The van der Waals surface area contributed by atoms with Crippen molar-refractivity contribution in [2.45, 2.75) is 64.9 Å². The highest BCUT2D eigenvalue weighted by Gasteiger charge is 2.17. The predicted molar refractivity (Wildman–Crippen MR) is 150 cm³/mol. The van der Waals surface area contributed by atoms with Crippen LogP contribution in [0.25, 0.3) is 0 Å². The van der Waals surface area contributed by atoms with Crippen molar-refractivity contribution in [1.29, 1.82) is 0 Å². The fourth-order valence-corrected chi connectivity index (χ4v) is 3.96. The van der Waals surface area contributed by atoms with E-state index in [0.717, 1.165) is 12.8 Å². The number of nitrogens with zero attached hydrogens (tertiary/aromatic N) is 1. The van der Waals surface area contributed by atoms with Crippen LogP contribution in [0.1, 0.15) is 84.6 Å². The molecule has 0 aromatic heterocycles. The lowest BCUT2D eigenvalue weighted by Crippen LogP contribution is -2.10. The summed E-state index contributed by atoms with van der Waals surface area (Å²) in [5.74, 6) is -1.09. The molecule has 0 atom stereocenters. The molecule has 0 amide bonds. The average Bonchev–Trinajstić information content (AvgIpc) is 2.96. The zero-order valence-electron chi connectivity index (χ0n) is 22.7. The number of unbranched alkanes of at least 4 members (excludes halogenated alkanes) is 7. The van der Waals surface area contributed by atoms with E-state index in [-0.39, 0.29) is 29.4 Å². The van der Waals surface area contributed by atoms with Gasteiger partial charge in [0.15, 0.2) is 0 Å². The minimum absolute atomic E-state index is 0.0557. The molecular formula is C31H35NO8. The Morgan fingerprint density at radius 2 is 1.43 bits per heavy atom. The van der Waals surface area contributed by atoms with Crippen LogP contribution in [0.3, 0.4) is 0 Å². The van der Waals surface area contributed by atoms with Crippen molar-refractivity contribution in [3.63, 3.8) is 0 Å². The number of esters is 2. The Kier molecular flexibility index (Phi) is 12.0. The van der Waals surface area contributed by atoms with Gasteiger partial charge in [-0.1, -0.05) is 51.9 Å². The van der Waals surface area contributed by atoms with Crippen LogP contribution in [-0.4, -0.2) is 28.6 Å². The summed E-state index contributed by atoms with van der Waals surface area (Å²) in [6.07, 6.45) is 9.78. The van der Waals surface area contributed by atoms with Crippen molar-refractivity contribution in [2.75, 3.05) is 6.61 Å². The van der Waals surface area contributed by atoms with Gasteiger partial charge in [0.25, 0.3) is 5.69 Å². The number of phenolic OH excluding ortho intramolecular Hbond substituents is 1. The first kappa shape index (κ1) is 30.1. The van der Waals surface area contributed by atoms with Gasteiger partial charge in [-0.15, -0.1) is 0 Å². The van der Waals surface area contributed by atoms with Crippen molar-refractivity contribution < 1.29 is 33.8 Å². The lowest BCUT2D eigenvalue weighted by molar-refractivity contribution is -0.384. The molecule has 0 aliphatic rings. The van der Waals surface area contributed by atoms with Gasteiger partial charge in [-0.05, 0) is 66.6 Å². The van der Waals surface area contributed by atoms with Crippen molar-refractivity contribution >= 4 is 17.6 Å². The number of ether oxygens (including phenoxy) is 3. The summed E-state index contributed by atoms with van der Waals surface area (Å²) >= 11 is 0. The average molecular weight is 550 g/mol. The second-order valence-electron chi connectivity index (χ2n) is 9.42. The van der Waals surface area contributed by atoms with Gasteiger partial charge in [0, 0.05) is 12.1 Å². The fourth-order valence-electron chi connectivity index (χ4n) is 3.96. The highest BCUT2D eigenvalue weighted by atomic mass is 16.6. The molecule has 0 radical (unpaired) electrons. The highest BCUT2D eigenvalue weighted by molar-refractivity contribution is 5.94. The molecule has 0 heterocycles. The second kappa shape index (κ2) is 15.9. The molecule has 9 heteroatoms. The first-order chi connectivity index (χ1) is 19.4. The summed E-state index contributed by atoms with van der Waals surface area (Å²) in [4.78, 5) is 35.4. The van der Waals surface area contributed by atoms with Gasteiger partial charge in [0.2, 0.25) is 0 Å². The van der Waals surface area contributed by atoms with Crippen molar-refractivity contribution in [2.24, 2.45) is 0 Å². The van der Waals surface area contributed by atoms with Gasteiger partial charge in [-0.3, -0.25) is 10.1 Å². The van der Waals surface area contributed by atoms with Crippen LogP contribution in [0.4, 0.5) is 5.69 Å². The van der Waals surface area contributed by atoms with E-state index >= 15 is 0 Å². The molecule has 0 aliphatic heterocycles. The minimum Gasteiger partial charge on any atom is -0.507 e. The van der Waals surface area contributed by atoms with Crippen LogP contribution in [0.2, 0.25) is 0 Å². The van der Waals surface area contributed by atoms with Crippen LogP contribution in [0.15, 0.2) is 66.7 Å². The maximum atomic E-state index is 12.6. The summed E-state index contributed by atoms with van der Waals surface area (Å²) < 4.78 is 16.4. The number of hydrogen-bond acceptors (Lipinski definition) is 8. The molecule has 0 aliphatic carbocycles. The zero-order valence-corrected chi connectivity index (χ0v) is 22.7. The van der Waals surface area contributed by atoms with E-state index in [4.69, 9.17) is 14.2 Å². The molecule has 0 fully saturated rings. The maximum absolute atomic E-state index is 12.6. The Bertz CT molecular complexity index is 1260. The van der Waals surface area contributed by atoms with Crippen LogP contribution in [-0.2, 0) is 11.3 Å². The first-order valence-electron chi connectivity index (χ1n) is 13.6. The molecule has 9 nitrogen and oxygen atoms in total. The number of nitro benzene ring substituents is 1. The molecule has 212 valence electrons. The third kappa shape index (κ3) is 9.72. The predicted octanol–water partition coefficient (Wildman–Crippen LogP) is 7.40. The maximum Gasteiger partial charge on any atom is 0.343 e. The molecule has 0 spiro atoms. The van der Waals surface area contributed by atoms with E-state index in [1.54, 1.807) is 24.3 Å². The SMILES string of the molecule is CCCCCCCCCCOc1ccc(C(=O)Oc2ccc(O)c(C(=O)OCc3ccc([N+](=O)[O-])cc3)c2)cc1. The van der Waals surface area contributed by atoms with Crippen LogP contribution in [0, 0.1) is 10.1 Å². The summed E-state index contributed by atoms with van der Waals surface area (Å²) in [7, 11) is 0. The van der Waals surface area contributed by atoms with Crippen LogP contribution >= 0.6 is 0 Å². The van der Waals surface area contributed by atoms with Gasteiger partial charge >= 0.3 is 11.9 Å². The van der Waals surface area contributed by atoms with Crippen molar-refractivity contribution in [1.82, 2.24) is 0 Å². The lowest BCUT2D eigenvalue weighted by atomic mass is 10.1. The topological polar surface area (TPSA) is 125 Å². The summed E-state index contributed by atoms with van der Waals surface area (Å²) in [6, 6.07) is 16.0. The second-order valence-corrected chi connectivity index (χ2v) is 9.42. The molecule has 3 rings (SSSR count). The van der Waals surface area contributed by atoms with E-state index in [2.05, 4.69) is 6.92 Å². The molecule has 3 aromatic rings. The van der Waals surface area contributed by atoms with E-state index in [1.165, 1.54) is 81.0 Å². The standard InChI is InChI=1S/C31H35NO8/c1-2-3-4-5-6-7-8-9-20-38-26-16-12-24(13-17-26)30(34)40-27-18-19-29(33)28(21-27)31(35)39-22-23-10-14-25(15-11-23)32(36)37/h10-19,21,33H,2-9,20,22H2,1H3. The number of rotatable bonds is 16. The molecule has 0 saturated carbocycles. The Morgan fingerprint density at radius 3 is 2.08 bits per heavy atom. The van der Waals surface area contributed by atoms with Crippen LogP contribution < -0.4 is 9.47 Å². The Balaban J connectivity index is 1.46. The number of carbonyl (C=O) groups is 2. The number of nitro groups is 1. The van der Waals surface area contributed by atoms with E-state index < -0.39 is 16.9 Å². The monoisotopic (exact) mass is 549 g/mol. The lowest BCUT2D eigenvalue weighted by Gasteiger charge is -2.10. The number of hydrogen-bond donors (Lipinski definition) is 1. The minimum atomic E-state index is -0.841. The number of non-ortho nitro benzene ring substituents is 1. The smallest absolute Gasteiger partial charge is 0.343 e. The third-order valence-corrected chi connectivity index (χ3v) is 6.27. The number of carbonyl (C=O) groups excluding carboxylic acids is 2. The molecular weight excluding hydrogens is 514 g/mol. The molecule has 0 saturated heterocycles. The molecule has 0 unspecified atom stereocenters. The third-order valence-electron chi connectivity index (χ3n) is 6.27. The van der Waals surface area contributed by atoms with E-state index in [1.807, 2.05) is 0 Å². The largest absolute Gasteiger partial charge is 0.507 e. The van der Waals surface area contributed by atoms with Gasteiger partial charge in [0.1, 0.15) is 29.4 Å². The Morgan fingerprint density at radius 1 is 0.800 bits per heavy atom. The van der Waals surface area contributed by atoms with Gasteiger partial charge in [-0.2, -0.15) is 0 Å². The van der Waals surface area contributed by atoms with E-state index in [9.17, 15) is 24.8 Å². The van der Waals surface area contributed by atoms with E-state index in [0.29, 0.717) is 23.5 Å². The number of aromatic hydroxyl groups is 1. The molecule has 1 N–H and O–H groups in total. The fraction of sp³-hybridized carbons (Fsp3) is 0.355. The summed E-state index contributed by atoms with van der Waals surface area (Å²) in [6.45, 7) is 2.68. The highest BCUT2D eigenvalue weighted by Crippen LogP contribution is 2.25. The number of benzene rings is 3. The van der Waals surface area contributed by atoms with Crippen molar-refractivity contribution in [3.8, 4) is 17.2 Å². The number of phenols is 1. The van der Waals surface area contributed by atoms with Crippen LogP contribution in [0.5, 0.6) is 17.2 Å².